The molecule has 2 aromatic carbocycles. The van der Waals surface area contributed by atoms with Crippen molar-refractivity contribution in [1.29, 1.82) is 0 Å². The second-order valence-corrected chi connectivity index (χ2v) is 8.04. The number of hydrogen-bond donors (Lipinski definition) is 1. The predicted octanol–water partition coefficient (Wildman–Crippen LogP) is 2.90. The third-order valence-corrected chi connectivity index (χ3v) is 5.49. The lowest BCUT2D eigenvalue weighted by Crippen LogP contribution is -2.63. The molecule has 0 spiro atoms. The molecule has 1 heterocycles. The molecule has 13 heteroatoms. The summed E-state index contributed by atoms with van der Waals surface area (Å²) in [6.07, 6.45) is -5.87. The summed E-state index contributed by atoms with van der Waals surface area (Å²) < 4.78 is 43.2. The van der Waals surface area contributed by atoms with Crippen molar-refractivity contribution in [3.05, 3.63) is 69.2 Å². The maximum atomic E-state index is 13.2. The third kappa shape index (κ3) is 5.75. The summed E-state index contributed by atoms with van der Waals surface area (Å²) >= 11 is 5.82. The quantitative estimate of drug-likeness (QED) is 0.280. The number of carbonyl (C=O) groups excluding carboxylic acids is 2. The fraction of sp³-hybridized carbons (Fsp3) is 0.333. The Morgan fingerprint density at radius 2 is 1.65 bits per heavy atom. The third-order valence-electron chi connectivity index (χ3n) is 5.23. The van der Waals surface area contributed by atoms with Crippen LogP contribution in [0.2, 0.25) is 5.02 Å². The first-order chi connectivity index (χ1) is 15.9. The van der Waals surface area contributed by atoms with E-state index >= 15 is 0 Å². The predicted molar refractivity (Wildman–Crippen MR) is 116 cm³/mol. The highest BCUT2D eigenvalue weighted by Crippen LogP contribution is 2.29. The Morgan fingerprint density at radius 1 is 1.06 bits per heavy atom. The molecule has 1 fully saturated rings. The van der Waals surface area contributed by atoms with Crippen molar-refractivity contribution >= 4 is 34.9 Å². The van der Waals surface area contributed by atoms with Gasteiger partial charge in [0, 0.05) is 43.7 Å². The molecule has 1 amide bonds. The van der Waals surface area contributed by atoms with Gasteiger partial charge >= 0.3 is 12.1 Å². The van der Waals surface area contributed by atoms with Crippen molar-refractivity contribution in [3.63, 3.8) is 0 Å². The SMILES string of the molecule is N[C@](Cc1ccc(Cl)cc1)(OC(=O)C(F)(F)F)C(=O)N1CCN(c2ccccc2[N+](=O)[O-])CC1. The molecule has 182 valence electrons. The topological polar surface area (TPSA) is 119 Å². The minimum atomic E-state index is -5.35. The van der Waals surface area contributed by atoms with E-state index in [9.17, 15) is 32.9 Å². The molecule has 2 N–H and O–H groups in total. The first-order valence-electron chi connectivity index (χ1n) is 10.0. The minimum Gasteiger partial charge on any atom is -0.427 e. The van der Waals surface area contributed by atoms with E-state index in [0.717, 1.165) is 0 Å². The maximum Gasteiger partial charge on any atom is 0.491 e. The number of ether oxygens (including phenoxy) is 1. The molecule has 34 heavy (non-hydrogen) atoms. The number of nitrogens with zero attached hydrogens (tertiary/aromatic N) is 3. The van der Waals surface area contributed by atoms with Crippen molar-refractivity contribution in [2.75, 3.05) is 31.1 Å². The van der Waals surface area contributed by atoms with Crippen LogP contribution in [0, 0.1) is 10.1 Å². The highest BCUT2D eigenvalue weighted by Gasteiger charge is 2.50. The van der Waals surface area contributed by atoms with Gasteiger partial charge in [-0.15, -0.1) is 0 Å². The molecular formula is C21H20ClF3N4O5. The van der Waals surface area contributed by atoms with Gasteiger partial charge in [0.2, 0.25) is 5.72 Å². The van der Waals surface area contributed by atoms with Gasteiger partial charge in [-0.3, -0.25) is 20.6 Å². The largest absolute Gasteiger partial charge is 0.491 e. The Balaban J connectivity index is 1.79. The second kappa shape index (κ2) is 9.85. The molecule has 0 unspecified atom stereocenters. The van der Waals surface area contributed by atoms with E-state index in [0.29, 0.717) is 16.3 Å². The number of carbonyl (C=O) groups is 2. The normalized spacial score (nSPS) is 16.0. The summed E-state index contributed by atoms with van der Waals surface area (Å²) in [7, 11) is 0. The van der Waals surface area contributed by atoms with Crippen LogP contribution in [0.25, 0.3) is 0 Å². The number of hydrogen-bond acceptors (Lipinski definition) is 7. The van der Waals surface area contributed by atoms with Gasteiger partial charge in [0.15, 0.2) is 0 Å². The average molecular weight is 501 g/mol. The number of rotatable bonds is 6. The van der Waals surface area contributed by atoms with E-state index in [1.165, 1.54) is 41.3 Å². The number of piperazine rings is 1. The molecular weight excluding hydrogens is 481 g/mol. The smallest absolute Gasteiger partial charge is 0.427 e. The molecule has 1 aliphatic rings. The van der Waals surface area contributed by atoms with Gasteiger partial charge in [-0.1, -0.05) is 35.9 Å². The van der Waals surface area contributed by atoms with Crippen molar-refractivity contribution < 1.29 is 32.4 Å². The van der Waals surface area contributed by atoms with Crippen LogP contribution >= 0.6 is 11.6 Å². The van der Waals surface area contributed by atoms with Crippen molar-refractivity contribution in [1.82, 2.24) is 4.90 Å². The second-order valence-electron chi connectivity index (χ2n) is 7.61. The molecule has 0 aromatic heterocycles. The number of nitrogens with two attached hydrogens (primary N) is 1. The zero-order chi connectivity index (χ0) is 25.1. The number of nitro benzene ring substituents is 1. The standard InChI is InChI=1S/C21H20ClF3N4O5/c22-15-7-5-14(6-8-15)13-20(26,34-19(31)21(23,24)25)18(30)28-11-9-27(10-12-28)16-3-1-2-4-17(16)29(32)33/h1-8H,9-13,26H2/t20-/m1/s1. The Kier molecular flexibility index (Phi) is 7.32. The number of benzene rings is 2. The Hall–Kier alpha value is -3.38. The first-order valence-corrected chi connectivity index (χ1v) is 10.4. The van der Waals surface area contributed by atoms with Gasteiger partial charge in [0.25, 0.3) is 11.6 Å². The number of halogens is 4. The van der Waals surface area contributed by atoms with E-state index in [1.54, 1.807) is 17.0 Å². The molecule has 9 nitrogen and oxygen atoms in total. The summed E-state index contributed by atoms with van der Waals surface area (Å²) in [5.41, 5.74) is 3.92. The molecule has 2 aromatic rings. The van der Waals surface area contributed by atoms with Gasteiger partial charge in [-0.05, 0) is 23.8 Å². The number of para-hydroxylation sites is 2. The Bertz CT molecular complexity index is 1070. The van der Waals surface area contributed by atoms with Gasteiger partial charge in [0.1, 0.15) is 5.69 Å². The number of amides is 1. The van der Waals surface area contributed by atoms with E-state index in [1.807, 2.05) is 0 Å². The van der Waals surface area contributed by atoms with E-state index in [-0.39, 0.29) is 31.9 Å². The molecule has 1 atom stereocenters. The van der Waals surface area contributed by atoms with E-state index in [4.69, 9.17) is 17.3 Å². The van der Waals surface area contributed by atoms with Crippen LogP contribution in [0.4, 0.5) is 24.5 Å². The van der Waals surface area contributed by atoms with E-state index in [2.05, 4.69) is 4.74 Å². The lowest BCUT2D eigenvalue weighted by molar-refractivity contribution is -0.384. The average Bonchev–Trinajstić information content (AvgIpc) is 2.79. The van der Waals surface area contributed by atoms with Crippen LogP contribution in [-0.4, -0.2) is 59.8 Å². The Morgan fingerprint density at radius 3 is 2.21 bits per heavy atom. The number of esters is 1. The minimum absolute atomic E-state index is 0.00593. The van der Waals surface area contributed by atoms with Crippen LogP contribution < -0.4 is 10.6 Å². The summed E-state index contributed by atoms with van der Waals surface area (Å²) in [6.45, 7) is 0.295. The lowest BCUT2D eigenvalue weighted by atomic mass is 10.0. The van der Waals surface area contributed by atoms with Crippen LogP contribution in [-0.2, 0) is 20.7 Å². The van der Waals surface area contributed by atoms with Crippen LogP contribution in [0.1, 0.15) is 5.56 Å². The summed E-state index contributed by atoms with van der Waals surface area (Å²) in [6, 6.07) is 11.9. The highest BCUT2D eigenvalue weighted by molar-refractivity contribution is 6.30. The highest BCUT2D eigenvalue weighted by atomic mass is 35.5. The van der Waals surface area contributed by atoms with Crippen LogP contribution in [0.3, 0.4) is 0 Å². The van der Waals surface area contributed by atoms with Gasteiger partial charge in [-0.25, -0.2) is 4.79 Å². The number of anilines is 1. The lowest BCUT2D eigenvalue weighted by Gasteiger charge is -2.39. The maximum absolute atomic E-state index is 13.2. The Labute approximate surface area is 197 Å². The van der Waals surface area contributed by atoms with Gasteiger partial charge in [0.05, 0.1) is 4.92 Å². The van der Waals surface area contributed by atoms with E-state index < -0.39 is 35.1 Å². The molecule has 0 saturated carbocycles. The molecule has 0 aliphatic carbocycles. The molecule has 1 saturated heterocycles. The summed E-state index contributed by atoms with van der Waals surface area (Å²) in [4.78, 5) is 38.4. The number of alkyl halides is 3. The van der Waals surface area contributed by atoms with Gasteiger partial charge in [-0.2, -0.15) is 13.2 Å². The molecule has 0 radical (unpaired) electrons. The zero-order valence-corrected chi connectivity index (χ0v) is 18.4. The summed E-state index contributed by atoms with van der Waals surface area (Å²) in [5, 5.41) is 11.7. The van der Waals surface area contributed by atoms with Crippen LogP contribution in [0.15, 0.2) is 48.5 Å². The molecule has 3 rings (SSSR count). The fourth-order valence-electron chi connectivity index (χ4n) is 3.59. The summed E-state index contributed by atoms with van der Waals surface area (Å²) in [5.74, 6) is -3.60. The molecule has 0 bridgehead atoms. The van der Waals surface area contributed by atoms with Crippen LogP contribution in [0.5, 0.6) is 0 Å². The van der Waals surface area contributed by atoms with Crippen molar-refractivity contribution in [3.8, 4) is 0 Å². The molecule has 1 aliphatic heterocycles. The zero-order valence-electron chi connectivity index (χ0n) is 17.6. The van der Waals surface area contributed by atoms with Crippen molar-refractivity contribution in [2.24, 2.45) is 5.73 Å². The van der Waals surface area contributed by atoms with Gasteiger partial charge < -0.3 is 14.5 Å². The number of nitro groups is 1. The van der Waals surface area contributed by atoms with Crippen molar-refractivity contribution in [2.45, 2.75) is 18.3 Å². The monoisotopic (exact) mass is 500 g/mol. The fourth-order valence-corrected chi connectivity index (χ4v) is 3.71. The first kappa shape index (κ1) is 25.2.